The maximum absolute atomic E-state index is 13.1. The monoisotopic (exact) mass is 432 g/mol. The van der Waals surface area contributed by atoms with Crippen molar-refractivity contribution in [1.29, 1.82) is 0 Å². The summed E-state index contributed by atoms with van der Waals surface area (Å²) in [5, 5.41) is 15.1. The third-order valence-electron chi connectivity index (χ3n) is 5.59. The zero-order chi connectivity index (χ0) is 23.0. The molecule has 0 aliphatic carbocycles. The minimum Gasteiger partial charge on any atom is -0.507 e. The second-order valence-corrected chi connectivity index (χ2v) is 8.01. The van der Waals surface area contributed by atoms with E-state index in [9.17, 15) is 14.7 Å². The van der Waals surface area contributed by atoms with Crippen molar-refractivity contribution >= 4 is 23.3 Å². The number of aryl methyl sites for hydroxylation is 1. The lowest BCUT2D eigenvalue weighted by Gasteiger charge is -2.23. The van der Waals surface area contributed by atoms with E-state index in [-0.39, 0.29) is 17.2 Å². The number of ether oxygens (including phenoxy) is 1. The number of Topliss-reactive ketones (excluding diaryl/α,β-unsaturated/α-hetero) is 1. The Morgan fingerprint density at radius 1 is 1.09 bits per heavy atom. The molecule has 7 nitrogen and oxygen atoms in total. The summed E-state index contributed by atoms with van der Waals surface area (Å²) in [7, 11) is 1.54. The van der Waals surface area contributed by atoms with Gasteiger partial charge >= 0.3 is 5.91 Å². The van der Waals surface area contributed by atoms with Crippen LogP contribution in [0.1, 0.15) is 48.3 Å². The van der Waals surface area contributed by atoms with Gasteiger partial charge < -0.3 is 14.4 Å². The molecule has 2 aromatic carbocycles. The molecule has 1 amide bonds. The Bertz CT molecular complexity index is 1190. The van der Waals surface area contributed by atoms with Gasteiger partial charge in [-0.25, -0.2) is 0 Å². The fourth-order valence-corrected chi connectivity index (χ4v) is 3.82. The molecule has 1 N–H and O–H groups in total. The first-order chi connectivity index (χ1) is 15.3. The zero-order valence-electron chi connectivity index (χ0n) is 18.3. The van der Waals surface area contributed by atoms with Crippen LogP contribution in [-0.2, 0) is 9.59 Å². The highest BCUT2D eigenvalue weighted by molar-refractivity contribution is 6.51. The van der Waals surface area contributed by atoms with E-state index in [0.29, 0.717) is 28.6 Å². The molecule has 32 heavy (non-hydrogen) atoms. The Morgan fingerprint density at radius 2 is 1.75 bits per heavy atom. The number of anilines is 1. The zero-order valence-corrected chi connectivity index (χ0v) is 18.3. The molecule has 0 radical (unpaired) electrons. The molecule has 1 aromatic heterocycles. The smallest absolute Gasteiger partial charge is 0.301 e. The number of rotatable bonds is 5. The predicted octanol–water partition coefficient (Wildman–Crippen LogP) is 4.74. The maximum atomic E-state index is 13.1. The topological polar surface area (TPSA) is 92.9 Å². The minimum absolute atomic E-state index is 0.00174. The molecule has 0 bridgehead atoms. The van der Waals surface area contributed by atoms with Gasteiger partial charge in [-0.2, -0.15) is 0 Å². The fraction of sp³-hybridized carbons (Fsp3) is 0.240. The standard InChI is InChI=1S/C25H24N2O5/c1-14(2)16-5-7-17(8-6-16)22-21(23(28)18-9-11-19(31-4)12-10-18)24(29)25(30)27(22)20-13-15(3)32-26-20/h5-14,22,28H,1-4H3. The van der Waals surface area contributed by atoms with Crippen LogP contribution in [0.15, 0.2) is 64.7 Å². The van der Waals surface area contributed by atoms with Crippen LogP contribution in [0.4, 0.5) is 5.82 Å². The van der Waals surface area contributed by atoms with Crippen LogP contribution in [0.25, 0.3) is 5.76 Å². The van der Waals surface area contributed by atoms with Gasteiger partial charge in [0.05, 0.1) is 18.7 Å². The number of aliphatic hydroxyl groups is 1. The van der Waals surface area contributed by atoms with Gasteiger partial charge in [0.1, 0.15) is 17.3 Å². The van der Waals surface area contributed by atoms with Crippen LogP contribution < -0.4 is 9.64 Å². The maximum Gasteiger partial charge on any atom is 0.301 e. The first-order valence-corrected chi connectivity index (χ1v) is 10.3. The van der Waals surface area contributed by atoms with E-state index in [1.807, 2.05) is 24.3 Å². The second-order valence-electron chi connectivity index (χ2n) is 8.01. The van der Waals surface area contributed by atoms with Crippen LogP contribution in [-0.4, -0.2) is 29.1 Å². The highest BCUT2D eigenvalue weighted by Crippen LogP contribution is 2.42. The molecule has 1 saturated heterocycles. The lowest BCUT2D eigenvalue weighted by Crippen LogP contribution is -2.29. The van der Waals surface area contributed by atoms with Crippen molar-refractivity contribution in [2.45, 2.75) is 32.7 Å². The largest absolute Gasteiger partial charge is 0.507 e. The predicted molar refractivity (Wildman–Crippen MR) is 120 cm³/mol. The molecule has 1 aliphatic heterocycles. The average molecular weight is 432 g/mol. The first-order valence-electron chi connectivity index (χ1n) is 10.3. The molecule has 7 heteroatoms. The number of nitrogens with zero attached hydrogens (tertiary/aromatic N) is 2. The van der Waals surface area contributed by atoms with Gasteiger partial charge in [0, 0.05) is 11.6 Å². The number of ketones is 1. The van der Waals surface area contributed by atoms with Crippen molar-refractivity contribution in [2.24, 2.45) is 0 Å². The second kappa shape index (κ2) is 8.34. The molecule has 164 valence electrons. The number of hydrogen-bond acceptors (Lipinski definition) is 6. The Hall–Kier alpha value is -3.87. The average Bonchev–Trinajstić information content (AvgIpc) is 3.34. The van der Waals surface area contributed by atoms with Crippen molar-refractivity contribution in [3.8, 4) is 5.75 Å². The van der Waals surface area contributed by atoms with E-state index < -0.39 is 17.7 Å². The number of aromatic nitrogens is 1. The van der Waals surface area contributed by atoms with Gasteiger partial charge in [0.15, 0.2) is 5.82 Å². The summed E-state index contributed by atoms with van der Waals surface area (Å²) in [5.74, 6) is -0.147. The van der Waals surface area contributed by atoms with Crippen molar-refractivity contribution in [2.75, 3.05) is 12.0 Å². The molecule has 3 aromatic rings. The number of benzene rings is 2. The van der Waals surface area contributed by atoms with E-state index >= 15 is 0 Å². The fourth-order valence-electron chi connectivity index (χ4n) is 3.82. The molecule has 1 atom stereocenters. The first kappa shape index (κ1) is 21.4. The lowest BCUT2D eigenvalue weighted by molar-refractivity contribution is -0.132. The summed E-state index contributed by atoms with van der Waals surface area (Å²) >= 11 is 0. The molecular formula is C25H24N2O5. The highest BCUT2D eigenvalue weighted by Gasteiger charge is 2.48. The number of carbonyl (C=O) groups is 2. The summed E-state index contributed by atoms with van der Waals surface area (Å²) in [6, 6.07) is 15.0. The van der Waals surface area contributed by atoms with Crippen LogP contribution in [0.3, 0.4) is 0 Å². The van der Waals surface area contributed by atoms with Gasteiger partial charge in [0.25, 0.3) is 5.78 Å². The Labute approximate surface area is 185 Å². The summed E-state index contributed by atoms with van der Waals surface area (Å²) < 4.78 is 10.3. The van der Waals surface area contributed by atoms with Crippen molar-refractivity contribution in [3.05, 3.63) is 82.6 Å². The number of hydrogen-bond donors (Lipinski definition) is 1. The van der Waals surface area contributed by atoms with E-state index in [4.69, 9.17) is 9.26 Å². The van der Waals surface area contributed by atoms with E-state index in [0.717, 1.165) is 5.56 Å². The molecular weight excluding hydrogens is 408 g/mol. The van der Waals surface area contributed by atoms with Gasteiger partial charge in [0.2, 0.25) is 0 Å². The molecule has 1 unspecified atom stereocenters. The van der Waals surface area contributed by atoms with E-state index in [2.05, 4.69) is 19.0 Å². The SMILES string of the molecule is COc1ccc(C(O)=C2C(=O)C(=O)N(c3cc(C)on3)C2c2ccc(C(C)C)cc2)cc1. The quantitative estimate of drug-likeness (QED) is 0.356. The van der Waals surface area contributed by atoms with Crippen LogP contribution in [0.2, 0.25) is 0 Å². The number of aliphatic hydroxyl groups excluding tert-OH is 1. The Kier molecular flexibility index (Phi) is 5.57. The summed E-state index contributed by atoms with van der Waals surface area (Å²) in [5.41, 5.74) is 2.21. The van der Waals surface area contributed by atoms with Gasteiger partial charge in [-0.1, -0.05) is 43.3 Å². The molecule has 1 fully saturated rings. The summed E-state index contributed by atoms with van der Waals surface area (Å²) in [4.78, 5) is 27.4. The van der Waals surface area contributed by atoms with Gasteiger partial charge in [-0.3, -0.25) is 14.5 Å². The number of carbonyl (C=O) groups excluding carboxylic acids is 2. The van der Waals surface area contributed by atoms with E-state index in [1.165, 1.54) is 4.90 Å². The van der Waals surface area contributed by atoms with Crippen LogP contribution in [0.5, 0.6) is 5.75 Å². The Balaban J connectivity index is 1.89. The van der Waals surface area contributed by atoms with E-state index in [1.54, 1.807) is 44.4 Å². The van der Waals surface area contributed by atoms with Crippen molar-refractivity contribution in [3.63, 3.8) is 0 Å². The minimum atomic E-state index is -0.845. The van der Waals surface area contributed by atoms with Gasteiger partial charge in [-0.15, -0.1) is 0 Å². The molecule has 2 heterocycles. The molecule has 0 saturated carbocycles. The Morgan fingerprint density at radius 3 is 2.28 bits per heavy atom. The highest BCUT2D eigenvalue weighted by atomic mass is 16.5. The molecule has 0 spiro atoms. The third-order valence-corrected chi connectivity index (χ3v) is 5.59. The number of methoxy groups -OCH3 is 1. The van der Waals surface area contributed by atoms with Crippen LogP contribution >= 0.6 is 0 Å². The number of amides is 1. The molecule has 1 aliphatic rings. The third kappa shape index (κ3) is 3.66. The van der Waals surface area contributed by atoms with Crippen molar-refractivity contribution < 1.29 is 24.0 Å². The summed E-state index contributed by atoms with van der Waals surface area (Å²) in [6.45, 7) is 5.88. The van der Waals surface area contributed by atoms with Crippen LogP contribution in [0, 0.1) is 6.92 Å². The van der Waals surface area contributed by atoms with Gasteiger partial charge in [-0.05, 0) is 48.2 Å². The molecule has 4 rings (SSSR count). The van der Waals surface area contributed by atoms with Crippen molar-refractivity contribution in [1.82, 2.24) is 5.16 Å². The lowest BCUT2D eigenvalue weighted by atomic mass is 9.93. The normalized spacial score (nSPS) is 17.9. The summed E-state index contributed by atoms with van der Waals surface area (Å²) in [6.07, 6.45) is 0.